The minimum absolute atomic E-state index is 0.0585. The summed E-state index contributed by atoms with van der Waals surface area (Å²) < 4.78 is 0. The highest BCUT2D eigenvalue weighted by molar-refractivity contribution is 6.43. The first-order valence-electron chi connectivity index (χ1n) is 9.63. The molecule has 0 aromatic heterocycles. The summed E-state index contributed by atoms with van der Waals surface area (Å²) in [5, 5.41) is 43.7. The second kappa shape index (κ2) is 10.7. The van der Waals surface area contributed by atoms with Crippen molar-refractivity contribution < 1.29 is 34.6 Å². The smallest absolute Gasteiger partial charge is 0.475 e. The zero-order chi connectivity index (χ0) is 24.0. The number of carbonyl (C=O) groups is 3. The van der Waals surface area contributed by atoms with Crippen LogP contribution in [0.5, 0.6) is 5.75 Å². The lowest BCUT2D eigenvalue weighted by Crippen LogP contribution is -2.48. The summed E-state index contributed by atoms with van der Waals surface area (Å²) in [6, 6.07) is 7.54. The van der Waals surface area contributed by atoms with Gasteiger partial charge >= 0.3 is 13.1 Å². The summed E-state index contributed by atoms with van der Waals surface area (Å²) in [6.45, 7) is 1.65. The van der Waals surface area contributed by atoms with Gasteiger partial charge < -0.3 is 42.4 Å². The fraction of sp³-hybridized carbons (Fsp3) is 0.250. The van der Waals surface area contributed by atoms with Gasteiger partial charge in [0.1, 0.15) is 11.3 Å². The van der Waals surface area contributed by atoms with E-state index >= 15 is 0 Å². The Balaban J connectivity index is 2.22. The number of carboxylic acids is 1. The molecule has 2 aromatic carbocycles. The lowest BCUT2D eigenvalue weighted by molar-refractivity contribution is -0.117. The molecule has 12 heteroatoms. The van der Waals surface area contributed by atoms with Gasteiger partial charge in [0, 0.05) is 17.8 Å². The molecule has 0 aliphatic heterocycles. The molecule has 2 rings (SSSR count). The second-order valence-corrected chi connectivity index (χ2v) is 7.18. The fourth-order valence-corrected chi connectivity index (χ4v) is 2.88. The van der Waals surface area contributed by atoms with Gasteiger partial charge in [-0.3, -0.25) is 9.59 Å². The predicted octanol–water partition coefficient (Wildman–Crippen LogP) is -1.02. The fourth-order valence-electron chi connectivity index (χ4n) is 2.88. The van der Waals surface area contributed by atoms with E-state index in [0.29, 0.717) is 11.3 Å². The van der Waals surface area contributed by atoms with Crippen molar-refractivity contribution >= 4 is 30.6 Å². The van der Waals surface area contributed by atoms with Crippen LogP contribution < -0.4 is 22.1 Å². The lowest BCUT2D eigenvalue weighted by atomic mass is 9.75. The number of nitrogens with one attached hydrogen (secondary N) is 2. The third kappa shape index (κ3) is 6.05. The maximum atomic E-state index is 12.7. The number of hydrogen-bond acceptors (Lipinski definition) is 8. The summed E-state index contributed by atoms with van der Waals surface area (Å²) in [4.78, 5) is 35.9. The number of nitrogens with two attached hydrogens (primary N) is 2. The number of carbonyl (C=O) groups excluding carboxylic acids is 2. The Bertz CT molecular complexity index is 1020. The molecule has 2 aromatic rings. The van der Waals surface area contributed by atoms with Crippen LogP contribution in [0.3, 0.4) is 0 Å². The molecule has 0 heterocycles. The maximum Gasteiger partial charge on any atom is 0.475 e. The molecule has 0 saturated carbocycles. The van der Waals surface area contributed by atoms with Gasteiger partial charge in [-0.05, 0) is 42.7 Å². The first kappa shape index (κ1) is 24.8. The highest BCUT2D eigenvalue weighted by Gasteiger charge is 2.28. The molecule has 0 unspecified atom stereocenters. The number of anilines is 1. The Labute approximate surface area is 184 Å². The number of amides is 2. The molecule has 0 aliphatic rings. The second-order valence-electron chi connectivity index (χ2n) is 7.18. The average Bonchev–Trinajstić information content (AvgIpc) is 2.74. The van der Waals surface area contributed by atoms with Crippen LogP contribution in [0.15, 0.2) is 36.4 Å². The zero-order valence-electron chi connectivity index (χ0n) is 17.3. The molecule has 2 atom stereocenters. The topological polar surface area (TPSA) is 208 Å². The van der Waals surface area contributed by atoms with Gasteiger partial charge in [0.05, 0.1) is 12.0 Å². The molecule has 0 bridgehead atoms. The highest BCUT2D eigenvalue weighted by Crippen LogP contribution is 2.24. The number of benzene rings is 2. The average molecular weight is 444 g/mol. The molecule has 0 saturated heterocycles. The Kier molecular flexibility index (Phi) is 8.32. The van der Waals surface area contributed by atoms with Crippen LogP contribution in [0.1, 0.15) is 31.8 Å². The zero-order valence-corrected chi connectivity index (χ0v) is 17.3. The lowest BCUT2D eigenvalue weighted by Gasteiger charge is -2.19. The van der Waals surface area contributed by atoms with E-state index in [1.54, 1.807) is 13.0 Å². The number of hydrogen-bond donors (Lipinski definition) is 8. The van der Waals surface area contributed by atoms with Crippen LogP contribution in [0, 0.1) is 6.92 Å². The Morgan fingerprint density at radius 1 is 1.16 bits per heavy atom. The van der Waals surface area contributed by atoms with E-state index in [1.807, 2.05) is 0 Å². The summed E-state index contributed by atoms with van der Waals surface area (Å²) in [7, 11) is -2.00. The van der Waals surface area contributed by atoms with Crippen LogP contribution in [0.25, 0.3) is 0 Å². The number of para-hydroxylation sites is 1. The van der Waals surface area contributed by atoms with Gasteiger partial charge in [0.25, 0.3) is 5.91 Å². The normalized spacial score (nSPS) is 12.5. The van der Waals surface area contributed by atoms with Crippen molar-refractivity contribution in [2.24, 2.45) is 11.5 Å². The van der Waals surface area contributed by atoms with E-state index in [9.17, 15) is 29.5 Å². The first-order chi connectivity index (χ1) is 15.0. The van der Waals surface area contributed by atoms with Crippen molar-refractivity contribution in [1.29, 1.82) is 0 Å². The van der Waals surface area contributed by atoms with Gasteiger partial charge in [0.2, 0.25) is 5.91 Å². The van der Waals surface area contributed by atoms with Gasteiger partial charge in [0.15, 0.2) is 0 Å². The molecule has 0 aliphatic carbocycles. The monoisotopic (exact) mass is 444 g/mol. The highest BCUT2D eigenvalue weighted by atomic mass is 16.4. The van der Waals surface area contributed by atoms with Crippen LogP contribution in [0.2, 0.25) is 0 Å². The summed E-state index contributed by atoms with van der Waals surface area (Å²) in [5.74, 6) is -4.35. The Morgan fingerprint density at radius 3 is 2.44 bits per heavy atom. The standard InChI is InChI=1S/C20H25BN4O7/c1-10-5-6-12(7-15(10)24-19(28)14(23)9-22)18(27)25-16(21(31)32)8-11-3-2-4-13(17(11)26)20(29)30/h2-7,14,16,26,31-32H,8-9,22-23H2,1H3,(H,24,28)(H,25,27)(H,29,30)/t14-,16-/m0/s1. The molecule has 32 heavy (non-hydrogen) atoms. The van der Waals surface area contributed by atoms with Gasteiger partial charge in [-0.15, -0.1) is 0 Å². The van der Waals surface area contributed by atoms with Crippen molar-refractivity contribution in [1.82, 2.24) is 5.32 Å². The molecule has 0 fully saturated rings. The molecule has 0 radical (unpaired) electrons. The summed E-state index contributed by atoms with van der Waals surface area (Å²) in [6.07, 6.45) is -0.253. The number of phenols is 1. The van der Waals surface area contributed by atoms with Crippen molar-refractivity contribution in [2.75, 3.05) is 11.9 Å². The first-order valence-corrected chi connectivity index (χ1v) is 9.63. The number of aromatic hydroxyl groups is 1. The van der Waals surface area contributed by atoms with Crippen molar-refractivity contribution in [3.63, 3.8) is 0 Å². The Morgan fingerprint density at radius 2 is 1.84 bits per heavy atom. The molecular weight excluding hydrogens is 419 g/mol. The van der Waals surface area contributed by atoms with Gasteiger partial charge in [-0.25, -0.2) is 4.79 Å². The molecule has 10 N–H and O–H groups in total. The SMILES string of the molecule is Cc1ccc(C(=O)N[C@@H](Cc2cccc(C(=O)O)c2O)B(O)O)cc1NC(=O)[C@@H](N)CN. The van der Waals surface area contributed by atoms with Gasteiger partial charge in [-0.2, -0.15) is 0 Å². The molecule has 11 nitrogen and oxygen atoms in total. The number of carboxylic acid groups (broad SMARTS) is 1. The Hall–Kier alpha value is -3.45. The minimum Gasteiger partial charge on any atom is -0.507 e. The van der Waals surface area contributed by atoms with Gasteiger partial charge in [-0.1, -0.05) is 18.2 Å². The third-order valence-corrected chi connectivity index (χ3v) is 4.81. The quantitative estimate of drug-likeness (QED) is 0.222. The minimum atomic E-state index is -2.00. The van der Waals surface area contributed by atoms with E-state index in [0.717, 1.165) is 0 Å². The summed E-state index contributed by atoms with van der Waals surface area (Å²) >= 11 is 0. The van der Waals surface area contributed by atoms with Crippen molar-refractivity contribution in [3.8, 4) is 5.75 Å². The van der Waals surface area contributed by atoms with E-state index < -0.39 is 42.6 Å². The van der Waals surface area contributed by atoms with E-state index in [2.05, 4.69) is 10.6 Å². The van der Waals surface area contributed by atoms with Crippen LogP contribution in [-0.4, -0.2) is 63.7 Å². The molecular formula is C20H25BN4O7. The van der Waals surface area contributed by atoms with Crippen LogP contribution in [0.4, 0.5) is 5.69 Å². The maximum absolute atomic E-state index is 12.7. The largest absolute Gasteiger partial charge is 0.507 e. The van der Waals surface area contributed by atoms with Crippen molar-refractivity contribution in [3.05, 3.63) is 58.7 Å². The number of aryl methyl sites for hydroxylation is 1. The number of aromatic carboxylic acids is 1. The summed E-state index contributed by atoms with van der Waals surface area (Å²) in [5.41, 5.74) is 11.8. The molecule has 170 valence electrons. The third-order valence-electron chi connectivity index (χ3n) is 4.81. The van der Waals surface area contributed by atoms with E-state index in [1.165, 1.54) is 30.3 Å². The van der Waals surface area contributed by atoms with Crippen molar-refractivity contribution in [2.45, 2.75) is 25.3 Å². The van der Waals surface area contributed by atoms with E-state index in [4.69, 9.17) is 16.6 Å². The van der Waals surface area contributed by atoms with Crippen LogP contribution >= 0.6 is 0 Å². The molecule has 2 amide bonds. The number of rotatable bonds is 9. The van der Waals surface area contributed by atoms with Crippen LogP contribution in [-0.2, 0) is 11.2 Å². The van der Waals surface area contributed by atoms with E-state index in [-0.39, 0.29) is 29.7 Å². The molecule has 0 spiro atoms. The predicted molar refractivity (Wildman–Crippen MR) is 117 cm³/mol.